The highest BCUT2D eigenvalue weighted by molar-refractivity contribution is 6.30. The number of hydrogen-bond donors (Lipinski definition) is 0. The Kier molecular flexibility index (Phi) is 4.86. The molecule has 25 heavy (non-hydrogen) atoms. The molecule has 1 aromatic carbocycles. The van der Waals surface area contributed by atoms with Crippen molar-refractivity contribution in [2.45, 2.75) is 20.4 Å². The van der Waals surface area contributed by atoms with E-state index in [4.69, 9.17) is 11.6 Å². The van der Waals surface area contributed by atoms with Gasteiger partial charge in [0.05, 0.1) is 0 Å². The summed E-state index contributed by atoms with van der Waals surface area (Å²) in [7, 11) is 0. The Hall–Kier alpha value is -2.66. The predicted molar refractivity (Wildman–Crippen MR) is 98.1 cm³/mol. The van der Waals surface area contributed by atoms with Crippen molar-refractivity contribution < 1.29 is 4.79 Å². The second-order valence-corrected chi connectivity index (χ2v) is 6.30. The Bertz CT molecular complexity index is 997. The van der Waals surface area contributed by atoms with Crippen LogP contribution in [0.2, 0.25) is 5.02 Å². The summed E-state index contributed by atoms with van der Waals surface area (Å²) < 4.78 is 1.41. The van der Waals surface area contributed by atoms with Crippen molar-refractivity contribution in [2.75, 3.05) is 6.54 Å². The second kappa shape index (κ2) is 7.07. The van der Waals surface area contributed by atoms with E-state index in [1.807, 2.05) is 38.1 Å². The van der Waals surface area contributed by atoms with Gasteiger partial charge in [-0.15, -0.1) is 0 Å². The molecule has 1 amide bonds. The van der Waals surface area contributed by atoms with E-state index in [9.17, 15) is 9.59 Å². The summed E-state index contributed by atoms with van der Waals surface area (Å²) >= 11 is 6.01. The van der Waals surface area contributed by atoms with Gasteiger partial charge >= 0.3 is 0 Å². The number of benzene rings is 1. The van der Waals surface area contributed by atoms with E-state index >= 15 is 0 Å². The van der Waals surface area contributed by atoms with Crippen LogP contribution in [0.1, 0.15) is 28.4 Å². The number of nitrogens with zero attached hydrogens (tertiary/aromatic N) is 3. The van der Waals surface area contributed by atoms with Crippen molar-refractivity contribution in [3.8, 4) is 0 Å². The molecular formula is C19H18ClN3O2. The smallest absolute Gasteiger partial charge is 0.270 e. The molecule has 0 aliphatic heterocycles. The van der Waals surface area contributed by atoms with Crippen LogP contribution in [0.25, 0.3) is 5.65 Å². The van der Waals surface area contributed by atoms with Crippen LogP contribution in [0, 0.1) is 6.92 Å². The minimum atomic E-state index is -0.358. The zero-order valence-corrected chi connectivity index (χ0v) is 14.8. The SMILES string of the molecule is CCN(Cc1cccc(Cl)c1)C(=O)c1cnc2ccc(C)cn2c1=O. The van der Waals surface area contributed by atoms with Gasteiger partial charge in [-0.3, -0.25) is 14.0 Å². The number of carbonyl (C=O) groups is 1. The maximum absolute atomic E-state index is 12.9. The fraction of sp³-hybridized carbons (Fsp3) is 0.211. The summed E-state index contributed by atoms with van der Waals surface area (Å²) in [6.07, 6.45) is 3.05. The van der Waals surface area contributed by atoms with Gasteiger partial charge in [-0.1, -0.05) is 29.8 Å². The van der Waals surface area contributed by atoms with Gasteiger partial charge in [0, 0.05) is 30.5 Å². The Morgan fingerprint density at radius 3 is 2.80 bits per heavy atom. The first-order chi connectivity index (χ1) is 12.0. The molecule has 0 unspecified atom stereocenters. The Morgan fingerprint density at radius 2 is 2.08 bits per heavy atom. The van der Waals surface area contributed by atoms with Gasteiger partial charge in [-0.05, 0) is 43.2 Å². The molecule has 2 heterocycles. The summed E-state index contributed by atoms with van der Waals surface area (Å²) in [6, 6.07) is 11.0. The normalized spacial score (nSPS) is 10.8. The molecule has 0 spiro atoms. The number of halogens is 1. The molecule has 3 rings (SSSR count). The molecule has 5 nitrogen and oxygen atoms in total. The van der Waals surface area contributed by atoms with Crippen molar-refractivity contribution in [2.24, 2.45) is 0 Å². The van der Waals surface area contributed by atoms with Gasteiger partial charge in [-0.2, -0.15) is 0 Å². The van der Waals surface area contributed by atoms with Gasteiger partial charge in [-0.25, -0.2) is 4.98 Å². The third-order valence-electron chi connectivity index (χ3n) is 4.01. The van der Waals surface area contributed by atoms with Crippen molar-refractivity contribution in [3.05, 3.63) is 80.9 Å². The number of rotatable bonds is 4. The van der Waals surface area contributed by atoms with Crippen molar-refractivity contribution >= 4 is 23.2 Å². The van der Waals surface area contributed by atoms with Crippen LogP contribution in [0.5, 0.6) is 0 Å². The highest BCUT2D eigenvalue weighted by Gasteiger charge is 2.19. The fourth-order valence-corrected chi connectivity index (χ4v) is 2.90. The first kappa shape index (κ1) is 17.2. The van der Waals surface area contributed by atoms with E-state index in [0.29, 0.717) is 23.8 Å². The molecule has 0 aliphatic carbocycles. The molecule has 0 fully saturated rings. The lowest BCUT2D eigenvalue weighted by atomic mass is 10.2. The Balaban J connectivity index is 1.97. The van der Waals surface area contributed by atoms with E-state index in [1.54, 1.807) is 23.2 Å². The molecule has 0 radical (unpaired) electrons. The lowest BCUT2D eigenvalue weighted by molar-refractivity contribution is 0.0750. The van der Waals surface area contributed by atoms with Crippen LogP contribution in [0.3, 0.4) is 0 Å². The summed E-state index contributed by atoms with van der Waals surface area (Å²) in [4.78, 5) is 31.4. The zero-order chi connectivity index (χ0) is 18.0. The topological polar surface area (TPSA) is 54.7 Å². The Labute approximate surface area is 150 Å². The minimum Gasteiger partial charge on any atom is -0.334 e. The van der Waals surface area contributed by atoms with Crippen molar-refractivity contribution in [3.63, 3.8) is 0 Å². The summed E-state index contributed by atoms with van der Waals surface area (Å²) in [5.74, 6) is -0.337. The Morgan fingerprint density at radius 1 is 1.28 bits per heavy atom. The van der Waals surface area contributed by atoms with E-state index in [2.05, 4.69) is 4.98 Å². The molecular weight excluding hydrogens is 338 g/mol. The van der Waals surface area contributed by atoms with Crippen LogP contribution in [0.15, 0.2) is 53.6 Å². The molecule has 0 saturated heterocycles. The first-order valence-electron chi connectivity index (χ1n) is 8.01. The zero-order valence-electron chi connectivity index (χ0n) is 14.1. The van der Waals surface area contributed by atoms with E-state index in [1.165, 1.54) is 10.6 Å². The summed E-state index contributed by atoms with van der Waals surface area (Å²) in [5, 5.41) is 0.615. The number of hydrogen-bond acceptors (Lipinski definition) is 3. The van der Waals surface area contributed by atoms with Gasteiger partial charge in [0.2, 0.25) is 0 Å². The van der Waals surface area contributed by atoms with Gasteiger partial charge < -0.3 is 4.90 Å². The van der Waals surface area contributed by atoms with Crippen LogP contribution in [0.4, 0.5) is 0 Å². The van der Waals surface area contributed by atoms with Gasteiger partial charge in [0.1, 0.15) is 11.2 Å². The number of aromatic nitrogens is 2. The quantitative estimate of drug-likeness (QED) is 0.721. The lowest BCUT2D eigenvalue weighted by Crippen LogP contribution is -2.35. The van der Waals surface area contributed by atoms with Crippen LogP contribution in [-0.4, -0.2) is 26.7 Å². The maximum atomic E-state index is 12.9. The molecule has 0 saturated carbocycles. The highest BCUT2D eigenvalue weighted by Crippen LogP contribution is 2.14. The number of pyridine rings is 1. The summed E-state index contributed by atoms with van der Waals surface area (Å²) in [5.41, 5.74) is 2.06. The number of aryl methyl sites for hydroxylation is 1. The minimum absolute atomic E-state index is 0.0620. The fourth-order valence-electron chi connectivity index (χ4n) is 2.68. The van der Waals surface area contributed by atoms with Crippen molar-refractivity contribution in [1.82, 2.24) is 14.3 Å². The number of fused-ring (bicyclic) bond motifs is 1. The highest BCUT2D eigenvalue weighted by atomic mass is 35.5. The molecule has 6 heteroatoms. The molecule has 3 aromatic rings. The average molecular weight is 356 g/mol. The van der Waals surface area contributed by atoms with Crippen LogP contribution >= 0.6 is 11.6 Å². The number of carbonyl (C=O) groups excluding carboxylic acids is 1. The maximum Gasteiger partial charge on any atom is 0.270 e. The standard InChI is InChI=1S/C19H18ClN3O2/c1-3-22(12-14-5-4-6-15(20)9-14)18(24)16-10-21-17-8-7-13(2)11-23(17)19(16)25/h4-11H,3,12H2,1-2H3. The van der Waals surface area contributed by atoms with Gasteiger partial charge in [0.25, 0.3) is 11.5 Å². The van der Waals surface area contributed by atoms with E-state index < -0.39 is 0 Å². The van der Waals surface area contributed by atoms with Crippen molar-refractivity contribution in [1.29, 1.82) is 0 Å². The lowest BCUT2D eigenvalue weighted by Gasteiger charge is -2.21. The molecule has 0 aliphatic rings. The van der Waals surface area contributed by atoms with Gasteiger partial charge in [0.15, 0.2) is 0 Å². The third kappa shape index (κ3) is 3.56. The summed E-state index contributed by atoms with van der Waals surface area (Å²) in [6.45, 7) is 4.61. The van der Waals surface area contributed by atoms with E-state index in [-0.39, 0.29) is 17.0 Å². The first-order valence-corrected chi connectivity index (χ1v) is 8.39. The largest absolute Gasteiger partial charge is 0.334 e. The van der Waals surface area contributed by atoms with Crippen LogP contribution < -0.4 is 5.56 Å². The molecule has 0 N–H and O–H groups in total. The molecule has 2 aromatic heterocycles. The molecule has 0 atom stereocenters. The number of amides is 1. The average Bonchev–Trinajstić information content (AvgIpc) is 2.60. The predicted octanol–water partition coefficient (Wildman–Crippen LogP) is 3.32. The molecule has 0 bridgehead atoms. The monoisotopic (exact) mass is 355 g/mol. The van der Waals surface area contributed by atoms with Crippen LogP contribution in [-0.2, 0) is 6.54 Å². The van der Waals surface area contributed by atoms with E-state index in [0.717, 1.165) is 11.1 Å². The second-order valence-electron chi connectivity index (χ2n) is 5.86. The third-order valence-corrected chi connectivity index (χ3v) is 4.25. The molecule has 128 valence electrons.